The summed E-state index contributed by atoms with van der Waals surface area (Å²) in [5.74, 6) is -0.408. The van der Waals surface area contributed by atoms with Crippen molar-refractivity contribution in [3.05, 3.63) is 34.6 Å². The van der Waals surface area contributed by atoms with E-state index >= 15 is 0 Å². The van der Waals surface area contributed by atoms with E-state index in [1.165, 1.54) is 18.2 Å². The maximum absolute atomic E-state index is 12.9. The van der Waals surface area contributed by atoms with E-state index in [0.29, 0.717) is 18.4 Å². The fourth-order valence-corrected chi connectivity index (χ4v) is 2.05. The number of hydrogen-bond acceptors (Lipinski definition) is 2. The van der Waals surface area contributed by atoms with Crippen LogP contribution in [-0.4, -0.2) is 21.9 Å². The molecule has 0 aliphatic heterocycles. The molecule has 0 aromatic heterocycles. The summed E-state index contributed by atoms with van der Waals surface area (Å²) in [5.41, 5.74) is -0.474. The van der Waals surface area contributed by atoms with Gasteiger partial charge in [0.2, 0.25) is 0 Å². The molecule has 0 radical (unpaired) electrons. The summed E-state index contributed by atoms with van der Waals surface area (Å²) in [6.07, 6.45) is 0.241. The van der Waals surface area contributed by atoms with Crippen LogP contribution in [0.3, 0.4) is 0 Å². The second kappa shape index (κ2) is 5.80. The Morgan fingerprint density at radius 1 is 1.35 bits per heavy atom. The quantitative estimate of drug-likeness (QED) is 0.855. The van der Waals surface area contributed by atoms with Gasteiger partial charge in [-0.05, 0) is 30.5 Å². The molecule has 0 amide bonds. The monoisotopic (exact) mass is 260 g/mol. The lowest BCUT2D eigenvalue weighted by Crippen LogP contribution is -2.42. The van der Waals surface area contributed by atoms with E-state index in [4.69, 9.17) is 11.6 Å². The predicted molar refractivity (Wildman–Crippen MR) is 66.7 cm³/mol. The summed E-state index contributed by atoms with van der Waals surface area (Å²) >= 11 is 5.88. The zero-order chi connectivity index (χ0) is 13.1. The third-order valence-electron chi connectivity index (χ3n) is 3.27. The van der Waals surface area contributed by atoms with Gasteiger partial charge < -0.3 is 10.2 Å². The maximum Gasteiger partial charge on any atom is 0.124 e. The molecule has 0 fully saturated rings. The summed E-state index contributed by atoms with van der Waals surface area (Å²) in [6, 6.07) is 4.04. The van der Waals surface area contributed by atoms with E-state index in [-0.39, 0.29) is 11.4 Å². The van der Waals surface area contributed by atoms with Crippen LogP contribution in [-0.2, 0) is 6.42 Å². The molecule has 17 heavy (non-hydrogen) atoms. The van der Waals surface area contributed by atoms with Crippen LogP contribution in [0.2, 0.25) is 5.02 Å². The summed E-state index contributed by atoms with van der Waals surface area (Å²) < 4.78 is 12.9. The summed E-state index contributed by atoms with van der Waals surface area (Å²) in [7, 11) is 0. The van der Waals surface area contributed by atoms with Crippen molar-refractivity contribution in [1.29, 1.82) is 0 Å². The number of rotatable bonds is 5. The van der Waals surface area contributed by atoms with Crippen molar-refractivity contribution in [2.45, 2.75) is 44.8 Å². The van der Waals surface area contributed by atoms with Crippen molar-refractivity contribution in [1.82, 2.24) is 0 Å². The largest absolute Gasteiger partial charge is 0.390 e. The predicted octanol–water partition coefficient (Wildman–Crippen LogP) is 2.93. The molecule has 0 saturated heterocycles. The minimum atomic E-state index is -1.11. The molecule has 0 spiro atoms. The fraction of sp³-hybridized carbons (Fsp3) is 0.538. The Morgan fingerprint density at radius 3 is 2.41 bits per heavy atom. The van der Waals surface area contributed by atoms with Crippen LogP contribution in [0.5, 0.6) is 0 Å². The average molecular weight is 261 g/mol. The molecular weight excluding hydrogens is 243 g/mol. The van der Waals surface area contributed by atoms with Crippen LogP contribution in [0.1, 0.15) is 32.3 Å². The van der Waals surface area contributed by atoms with Gasteiger partial charge in [0.15, 0.2) is 0 Å². The van der Waals surface area contributed by atoms with Gasteiger partial charge in [-0.25, -0.2) is 4.39 Å². The van der Waals surface area contributed by atoms with Crippen LogP contribution in [0.25, 0.3) is 0 Å². The standard InChI is InChI=1S/C13H18ClFO2/c1-3-13(17,4-2)12(16)7-9-5-6-10(15)8-11(9)14/h5-6,8,12,16-17H,3-4,7H2,1-2H3. The van der Waals surface area contributed by atoms with Gasteiger partial charge in [0, 0.05) is 11.4 Å². The Labute approximate surface area is 106 Å². The number of aliphatic hydroxyl groups excluding tert-OH is 1. The van der Waals surface area contributed by atoms with Gasteiger partial charge in [-0.1, -0.05) is 31.5 Å². The highest BCUT2D eigenvalue weighted by molar-refractivity contribution is 6.31. The lowest BCUT2D eigenvalue weighted by Gasteiger charge is -2.31. The smallest absolute Gasteiger partial charge is 0.124 e. The minimum absolute atomic E-state index is 0.220. The van der Waals surface area contributed by atoms with Crippen molar-refractivity contribution in [2.24, 2.45) is 0 Å². The second-order valence-corrected chi connectivity index (χ2v) is 4.67. The highest BCUT2D eigenvalue weighted by Crippen LogP contribution is 2.25. The van der Waals surface area contributed by atoms with E-state index in [9.17, 15) is 14.6 Å². The highest BCUT2D eigenvalue weighted by Gasteiger charge is 2.32. The fourth-order valence-electron chi connectivity index (χ4n) is 1.81. The molecule has 0 aliphatic rings. The number of aliphatic hydroxyl groups is 2. The topological polar surface area (TPSA) is 40.5 Å². The molecule has 2 nitrogen and oxygen atoms in total. The Balaban J connectivity index is 2.84. The van der Waals surface area contributed by atoms with Gasteiger partial charge in [0.25, 0.3) is 0 Å². The van der Waals surface area contributed by atoms with Gasteiger partial charge in [0.1, 0.15) is 5.82 Å². The van der Waals surface area contributed by atoms with E-state index in [2.05, 4.69) is 0 Å². The van der Waals surface area contributed by atoms with Crippen molar-refractivity contribution >= 4 is 11.6 Å². The van der Waals surface area contributed by atoms with Crippen LogP contribution < -0.4 is 0 Å². The molecule has 2 N–H and O–H groups in total. The maximum atomic E-state index is 12.9. The van der Waals surface area contributed by atoms with Gasteiger partial charge in [-0.3, -0.25) is 0 Å². The van der Waals surface area contributed by atoms with E-state index in [1.54, 1.807) is 0 Å². The Morgan fingerprint density at radius 2 is 1.94 bits per heavy atom. The molecular formula is C13H18ClFO2. The minimum Gasteiger partial charge on any atom is -0.390 e. The van der Waals surface area contributed by atoms with Gasteiger partial charge >= 0.3 is 0 Å². The van der Waals surface area contributed by atoms with Gasteiger partial charge in [-0.15, -0.1) is 0 Å². The van der Waals surface area contributed by atoms with Crippen LogP contribution >= 0.6 is 11.6 Å². The van der Waals surface area contributed by atoms with Crippen LogP contribution in [0.15, 0.2) is 18.2 Å². The Bertz CT molecular complexity index is 378. The number of benzene rings is 1. The van der Waals surface area contributed by atoms with Crippen LogP contribution in [0.4, 0.5) is 4.39 Å². The number of halogens is 2. The Hall–Kier alpha value is -0.640. The summed E-state index contributed by atoms with van der Waals surface area (Å²) in [6.45, 7) is 3.64. The molecule has 4 heteroatoms. The van der Waals surface area contributed by atoms with Crippen molar-refractivity contribution in [2.75, 3.05) is 0 Å². The van der Waals surface area contributed by atoms with E-state index in [1.807, 2.05) is 13.8 Å². The molecule has 0 saturated carbocycles. The molecule has 1 aromatic carbocycles. The van der Waals surface area contributed by atoms with Gasteiger partial charge in [-0.2, -0.15) is 0 Å². The first-order chi connectivity index (χ1) is 7.92. The first kappa shape index (κ1) is 14.4. The van der Waals surface area contributed by atoms with Crippen molar-refractivity contribution in [3.63, 3.8) is 0 Å². The molecule has 0 bridgehead atoms. The van der Waals surface area contributed by atoms with Gasteiger partial charge in [0.05, 0.1) is 11.7 Å². The van der Waals surface area contributed by atoms with E-state index < -0.39 is 17.5 Å². The number of hydrogen-bond donors (Lipinski definition) is 2. The second-order valence-electron chi connectivity index (χ2n) is 4.27. The molecule has 0 aliphatic carbocycles. The molecule has 1 unspecified atom stereocenters. The molecule has 1 atom stereocenters. The third-order valence-corrected chi connectivity index (χ3v) is 3.62. The summed E-state index contributed by atoms with van der Waals surface area (Å²) in [4.78, 5) is 0. The summed E-state index contributed by atoms with van der Waals surface area (Å²) in [5, 5.41) is 20.4. The molecule has 1 rings (SSSR count). The zero-order valence-corrected chi connectivity index (χ0v) is 10.8. The normalized spacial score (nSPS) is 13.8. The molecule has 1 aromatic rings. The Kier molecular flexibility index (Phi) is 4.92. The molecule has 0 heterocycles. The first-order valence-corrected chi connectivity index (χ1v) is 6.15. The van der Waals surface area contributed by atoms with Crippen molar-refractivity contribution < 1.29 is 14.6 Å². The van der Waals surface area contributed by atoms with E-state index in [0.717, 1.165) is 0 Å². The van der Waals surface area contributed by atoms with Crippen molar-refractivity contribution in [3.8, 4) is 0 Å². The third kappa shape index (κ3) is 3.41. The zero-order valence-electron chi connectivity index (χ0n) is 10.1. The lowest BCUT2D eigenvalue weighted by atomic mass is 9.87. The van der Waals surface area contributed by atoms with Crippen LogP contribution in [0, 0.1) is 5.82 Å². The molecule has 96 valence electrons. The SMILES string of the molecule is CCC(O)(CC)C(O)Cc1ccc(F)cc1Cl. The highest BCUT2D eigenvalue weighted by atomic mass is 35.5. The first-order valence-electron chi connectivity index (χ1n) is 5.77. The average Bonchev–Trinajstić information content (AvgIpc) is 2.31. The lowest BCUT2D eigenvalue weighted by molar-refractivity contribution is -0.0790.